The van der Waals surface area contributed by atoms with Gasteiger partial charge in [-0.05, 0) is 54.8 Å². The Morgan fingerprint density at radius 3 is 2.00 bits per heavy atom. The van der Waals surface area contributed by atoms with Gasteiger partial charge in [0.2, 0.25) is 0 Å². The van der Waals surface area contributed by atoms with Crippen molar-refractivity contribution in [3.05, 3.63) is 54.1 Å². The van der Waals surface area contributed by atoms with Crippen LogP contribution in [0.1, 0.15) is 25.3 Å². The molecule has 2 aromatic carbocycles. The lowest BCUT2D eigenvalue weighted by Gasteiger charge is -2.06. The molecule has 1 N–H and O–H groups in total. The standard InChI is InChI=1S/C16H18O2/c1-2-3-4-13-5-9-15(10-6-13)18-16-11-7-14(17)8-12-16/h5-12,17H,2-4H2,1H3. The van der Waals surface area contributed by atoms with Gasteiger partial charge in [0.25, 0.3) is 0 Å². The Bertz CT molecular complexity index is 471. The molecule has 0 saturated carbocycles. The van der Waals surface area contributed by atoms with Crippen LogP contribution in [0.5, 0.6) is 17.2 Å². The molecule has 0 heterocycles. The molecular formula is C16H18O2. The number of rotatable bonds is 5. The molecule has 94 valence electrons. The van der Waals surface area contributed by atoms with Crippen LogP contribution in [-0.4, -0.2) is 5.11 Å². The van der Waals surface area contributed by atoms with Gasteiger partial charge in [-0.3, -0.25) is 0 Å². The zero-order valence-electron chi connectivity index (χ0n) is 10.6. The third kappa shape index (κ3) is 3.52. The van der Waals surface area contributed by atoms with Crippen molar-refractivity contribution in [3.63, 3.8) is 0 Å². The van der Waals surface area contributed by atoms with Crippen molar-refractivity contribution in [3.8, 4) is 17.2 Å². The number of phenols is 1. The van der Waals surface area contributed by atoms with E-state index < -0.39 is 0 Å². The van der Waals surface area contributed by atoms with Crippen LogP contribution in [0, 0.1) is 0 Å². The van der Waals surface area contributed by atoms with Crippen LogP contribution in [-0.2, 0) is 6.42 Å². The van der Waals surface area contributed by atoms with Gasteiger partial charge in [0.05, 0.1) is 0 Å². The summed E-state index contributed by atoms with van der Waals surface area (Å²) in [5, 5.41) is 9.19. The van der Waals surface area contributed by atoms with Gasteiger partial charge < -0.3 is 9.84 Å². The molecule has 0 bridgehead atoms. The van der Waals surface area contributed by atoms with Gasteiger partial charge in [-0.15, -0.1) is 0 Å². The molecule has 0 radical (unpaired) electrons. The monoisotopic (exact) mass is 242 g/mol. The van der Waals surface area contributed by atoms with Gasteiger partial charge in [0.15, 0.2) is 0 Å². The molecule has 0 amide bonds. The van der Waals surface area contributed by atoms with Crippen molar-refractivity contribution >= 4 is 0 Å². The highest BCUT2D eigenvalue weighted by molar-refractivity contribution is 5.35. The highest BCUT2D eigenvalue weighted by Gasteiger charge is 1.98. The Labute approximate surface area is 108 Å². The number of hydrogen-bond acceptors (Lipinski definition) is 2. The fourth-order valence-electron chi connectivity index (χ4n) is 1.76. The number of benzene rings is 2. The van der Waals surface area contributed by atoms with Crippen molar-refractivity contribution in [2.24, 2.45) is 0 Å². The van der Waals surface area contributed by atoms with Gasteiger partial charge in [0, 0.05) is 0 Å². The van der Waals surface area contributed by atoms with E-state index in [1.165, 1.54) is 18.4 Å². The fourth-order valence-corrected chi connectivity index (χ4v) is 1.76. The van der Waals surface area contributed by atoms with E-state index in [1.807, 2.05) is 12.1 Å². The van der Waals surface area contributed by atoms with E-state index in [1.54, 1.807) is 24.3 Å². The molecule has 2 heteroatoms. The molecule has 0 saturated heterocycles. The maximum Gasteiger partial charge on any atom is 0.127 e. The van der Waals surface area contributed by atoms with E-state index in [-0.39, 0.29) is 5.75 Å². The van der Waals surface area contributed by atoms with Gasteiger partial charge >= 0.3 is 0 Å². The minimum atomic E-state index is 0.247. The molecule has 0 fully saturated rings. The van der Waals surface area contributed by atoms with Crippen LogP contribution in [0.4, 0.5) is 0 Å². The van der Waals surface area contributed by atoms with Crippen molar-refractivity contribution in [2.75, 3.05) is 0 Å². The number of unbranched alkanes of at least 4 members (excludes halogenated alkanes) is 1. The SMILES string of the molecule is CCCCc1ccc(Oc2ccc(O)cc2)cc1. The zero-order valence-corrected chi connectivity index (χ0v) is 10.6. The van der Waals surface area contributed by atoms with Crippen molar-refractivity contribution in [1.29, 1.82) is 0 Å². The summed E-state index contributed by atoms with van der Waals surface area (Å²) < 4.78 is 5.68. The van der Waals surface area contributed by atoms with E-state index in [0.29, 0.717) is 0 Å². The van der Waals surface area contributed by atoms with Crippen molar-refractivity contribution in [2.45, 2.75) is 26.2 Å². The molecule has 0 aliphatic carbocycles. The van der Waals surface area contributed by atoms with Gasteiger partial charge in [-0.2, -0.15) is 0 Å². The number of phenolic OH excluding ortho intramolecular Hbond substituents is 1. The Balaban J connectivity index is 1.99. The van der Waals surface area contributed by atoms with Crippen LogP contribution in [0.25, 0.3) is 0 Å². The predicted octanol–water partition coefficient (Wildman–Crippen LogP) is 4.53. The second-order valence-electron chi connectivity index (χ2n) is 4.34. The van der Waals surface area contributed by atoms with Crippen molar-refractivity contribution in [1.82, 2.24) is 0 Å². The van der Waals surface area contributed by atoms with E-state index in [0.717, 1.165) is 17.9 Å². The van der Waals surface area contributed by atoms with Crippen LogP contribution in [0.2, 0.25) is 0 Å². The molecular weight excluding hydrogens is 224 g/mol. The summed E-state index contributed by atoms with van der Waals surface area (Å²) in [6.07, 6.45) is 3.56. The summed E-state index contributed by atoms with van der Waals surface area (Å²) in [6, 6.07) is 14.9. The molecule has 0 aliphatic rings. The molecule has 2 nitrogen and oxygen atoms in total. The summed E-state index contributed by atoms with van der Waals surface area (Å²) in [6.45, 7) is 2.20. The summed E-state index contributed by atoms with van der Waals surface area (Å²) in [5.41, 5.74) is 1.34. The van der Waals surface area contributed by atoms with E-state index in [2.05, 4.69) is 19.1 Å². The molecule has 0 spiro atoms. The maximum atomic E-state index is 9.19. The number of aryl methyl sites for hydroxylation is 1. The summed E-state index contributed by atoms with van der Waals surface area (Å²) >= 11 is 0. The normalized spacial score (nSPS) is 10.3. The second kappa shape index (κ2) is 6.10. The third-order valence-corrected chi connectivity index (χ3v) is 2.81. The van der Waals surface area contributed by atoms with E-state index >= 15 is 0 Å². The smallest absolute Gasteiger partial charge is 0.127 e. The average Bonchev–Trinajstić information content (AvgIpc) is 2.41. The highest BCUT2D eigenvalue weighted by atomic mass is 16.5. The Morgan fingerprint density at radius 2 is 1.44 bits per heavy atom. The summed E-state index contributed by atoms with van der Waals surface area (Å²) in [7, 11) is 0. The molecule has 0 aromatic heterocycles. The Kier molecular flexibility index (Phi) is 4.24. The first-order chi connectivity index (χ1) is 8.78. The number of aromatic hydroxyl groups is 1. The average molecular weight is 242 g/mol. The predicted molar refractivity (Wildman–Crippen MR) is 73.2 cm³/mol. The lowest BCUT2D eigenvalue weighted by Crippen LogP contribution is -1.86. The topological polar surface area (TPSA) is 29.5 Å². The largest absolute Gasteiger partial charge is 0.508 e. The first-order valence-corrected chi connectivity index (χ1v) is 6.34. The van der Waals surface area contributed by atoms with Crippen LogP contribution in [0.15, 0.2) is 48.5 Å². The quantitative estimate of drug-likeness (QED) is 0.834. The van der Waals surface area contributed by atoms with Crippen LogP contribution < -0.4 is 4.74 Å². The zero-order chi connectivity index (χ0) is 12.8. The lowest BCUT2D eigenvalue weighted by atomic mass is 10.1. The Morgan fingerprint density at radius 1 is 0.889 bits per heavy atom. The molecule has 0 unspecified atom stereocenters. The summed E-state index contributed by atoms with van der Waals surface area (Å²) in [4.78, 5) is 0. The third-order valence-electron chi connectivity index (χ3n) is 2.81. The van der Waals surface area contributed by atoms with Crippen LogP contribution >= 0.6 is 0 Å². The minimum absolute atomic E-state index is 0.247. The van der Waals surface area contributed by atoms with Gasteiger partial charge in [0.1, 0.15) is 17.2 Å². The number of hydrogen-bond donors (Lipinski definition) is 1. The molecule has 18 heavy (non-hydrogen) atoms. The second-order valence-corrected chi connectivity index (χ2v) is 4.34. The maximum absolute atomic E-state index is 9.19. The molecule has 0 atom stereocenters. The van der Waals surface area contributed by atoms with Crippen LogP contribution in [0.3, 0.4) is 0 Å². The van der Waals surface area contributed by atoms with Gasteiger partial charge in [-0.25, -0.2) is 0 Å². The summed E-state index contributed by atoms with van der Waals surface area (Å²) in [5.74, 6) is 1.80. The lowest BCUT2D eigenvalue weighted by molar-refractivity contribution is 0.464. The first-order valence-electron chi connectivity index (χ1n) is 6.34. The Hall–Kier alpha value is -1.96. The fraction of sp³-hybridized carbons (Fsp3) is 0.250. The van der Waals surface area contributed by atoms with Gasteiger partial charge in [-0.1, -0.05) is 25.5 Å². The first kappa shape index (κ1) is 12.5. The molecule has 0 aliphatic heterocycles. The molecule has 2 aromatic rings. The van der Waals surface area contributed by atoms with Crippen molar-refractivity contribution < 1.29 is 9.84 Å². The highest BCUT2D eigenvalue weighted by Crippen LogP contribution is 2.23. The minimum Gasteiger partial charge on any atom is -0.508 e. The van der Waals surface area contributed by atoms with E-state index in [4.69, 9.17) is 4.74 Å². The number of ether oxygens (including phenoxy) is 1. The molecule has 2 rings (SSSR count). The van der Waals surface area contributed by atoms with E-state index in [9.17, 15) is 5.11 Å².